The number of Topliss-reactive ketones (excluding diaryl/α,β-unsaturated/α-hetero) is 1. The molecule has 116 valence electrons. The Hall–Kier alpha value is -2.86. The number of ketones is 1. The van der Waals surface area contributed by atoms with Gasteiger partial charge in [-0.3, -0.25) is 9.89 Å². The Morgan fingerprint density at radius 3 is 2.65 bits per heavy atom. The molecule has 6 nitrogen and oxygen atoms in total. The maximum Gasteiger partial charge on any atom is 0.239 e. The second kappa shape index (κ2) is 6.50. The largest absolute Gasteiger partial charge is 0.457 e. The number of hydrogen-bond donors (Lipinski definition) is 2. The van der Waals surface area contributed by atoms with Crippen molar-refractivity contribution in [2.24, 2.45) is 0 Å². The number of aromatic nitrogens is 3. The average molecular weight is 329 g/mol. The minimum absolute atomic E-state index is 0.000910. The van der Waals surface area contributed by atoms with Gasteiger partial charge >= 0.3 is 0 Å². The normalized spacial score (nSPS) is 10.5. The van der Waals surface area contributed by atoms with E-state index in [1.807, 2.05) is 18.2 Å². The average Bonchev–Trinajstić information content (AvgIpc) is 2.93. The number of carbonyl (C=O) groups excluding carboxylic acids is 1. The van der Waals surface area contributed by atoms with Gasteiger partial charge in [-0.25, -0.2) is 0 Å². The fourth-order valence-electron chi connectivity index (χ4n) is 2.11. The molecule has 0 amide bonds. The molecule has 3 aromatic rings. The number of ether oxygens (including phenoxy) is 1. The van der Waals surface area contributed by atoms with Crippen LogP contribution in [0.25, 0.3) is 0 Å². The molecule has 0 saturated heterocycles. The molecule has 2 aromatic carbocycles. The van der Waals surface area contributed by atoms with Crippen molar-refractivity contribution in [1.29, 1.82) is 0 Å². The van der Waals surface area contributed by atoms with Crippen molar-refractivity contribution >= 4 is 23.3 Å². The molecule has 0 aliphatic rings. The summed E-state index contributed by atoms with van der Waals surface area (Å²) in [5.41, 5.74) is 5.74. The van der Waals surface area contributed by atoms with Crippen LogP contribution in [0.4, 0.5) is 5.95 Å². The molecule has 3 rings (SSSR count). The Morgan fingerprint density at radius 1 is 1.17 bits per heavy atom. The Morgan fingerprint density at radius 2 is 1.96 bits per heavy atom. The van der Waals surface area contributed by atoms with Crippen molar-refractivity contribution in [2.75, 3.05) is 5.73 Å². The van der Waals surface area contributed by atoms with Crippen LogP contribution in [0.1, 0.15) is 16.2 Å². The van der Waals surface area contributed by atoms with E-state index in [1.54, 1.807) is 30.3 Å². The Kier molecular flexibility index (Phi) is 4.25. The number of nitrogens with one attached hydrogen (secondary N) is 1. The monoisotopic (exact) mass is 328 g/mol. The zero-order chi connectivity index (χ0) is 16.2. The molecule has 1 heterocycles. The molecule has 23 heavy (non-hydrogen) atoms. The molecule has 0 aliphatic heterocycles. The van der Waals surface area contributed by atoms with E-state index in [0.717, 1.165) is 0 Å². The number of nitrogen functional groups attached to an aromatic ring is 1. The molecule has 3 N–H and O–H groups in total. The smallest absolute Gasteiger partial charge is 0.239 e. The van der Waals surface area contributed by atoms with Gasteiger partial charge in [0.15, 0.2) is 5.78 Å². The summed E-state index contributed by atoms with van der Waals surface area (Å²) < 4.78 is 5.78. The first-order valence-electron chi connectivity index (χ1n) is 6.85. The highest BCUT2D eigenvalue weighted by atomic mass is 35.5. The Balaban J connectivity index is 1.90. The lowest BCUT2D eigenvalue weighted by Crippen LogP contribution is -2.08. The van der Waals surface area contributed by atoms with E-state index in [4.69, 9.17) is 22.1 Å². The molecule has 1 aromatic heterocycles. The van der Waals surface area contributed by atoms with Crippen LogP contribution in [0.15, 0.2) is 48.5 Å². The zero-order valence-electron chi connectivity index (χ0n) is 12.0. The molecule has 7 heteroatoms. The van der Waals surface area contributed by atoms with Crippen LogP contribution in [0, 0.1) is 0 Å². The van der Waals surface area contributed by atoms with Gasteiger partial charge in [-0.15, -0.1) is 5.10 Å². The first kappa shape index (κ1) is 15.1. The van der Waals surface area contributed by atoms with E-state index in [-0.39, 0.29) is 18.2 Å². The number of H-pyrrole nitrogens is 1. The van der Waals surface area contributed by atoms with Crippen LogP contribution in [-0.4, -0.2) is 21.0 Å². The topological polar surface area (TPSA) is 93.9 Å². The number of nitrogens with zero attached hydrogens (tertiary/aromatic N) is 2. The summed E-state index contributed by atoms with van der Waals surface area (Å²) in [5, 5.41) is 6.62. The molecule has 0 saturated carbocycles. The lowest BCUT2D eigenvalue weighted by molar-refractivity contribution is 0.0989. The number of anilines is 1. The molecule has 0 radical (unpaired) electrons. The maximum absolute atomic E-state index is 12.6. The van der Waals surface area contributed by atoms with Gasteiger partial charge < -0.3 is 10.5 Å². The molecule has 0 spiro atoms. The SMILES string of the molecule is Nc1n[nH]c(CC(=O)c2c(Cl)cccc2Oc2ccccc2)n1. The summed E-state index contributed by atoms with van der Waals surface area (Å²) in [6.07, 6.45) is -0.000910. The minimum Gasteiger partial charge on any atom is -0.457 e. The lowest BCUT2D eigenvalue weighted by atomic mass is 10.1. The summed E-state index contributed by atoms with van der Waals surface area (Å²) in [5.74, 6) is 1.23. The van der Waals surface area contributed by atoms with Gasteiger partial charge in [-0.05, 0) is 24.3 Å². The van der Waals surface area contributed by atoms with Crippen LogP contribution in [0.5, 0.6) is 11.5 Å². The first-order valence-corrected chi connectivity index (χ1v) is 7.22. The van der Waals surface area contributed by atoms with E-state index in [0.29, 0.717) is 27.9 Å². The molecule has 0 atom stereocenters. The highest BCUT2D eigenvalue weighted by Crippen LogP contribution is 2.31. The third-order valence-electron chi connectivity index (χ3n) is 3.10. The molecular weight excluding hydrogens is 316 g/mol. The van der Waals surface area contributed by atoms with Crippen LogP contribution in [0.2, 0.25) is 5.02 Å². The van der Waals surface area contributed by atoms with Crippen molar-refractivity contribution in [3.63, 3.8) is 0 Å². The quantitative estimate of drug-likeness (QED) is 0.701. The fourth-order valence-corrected chi connectivity index (χ4v) is 2.38. The van der Waals surface area contributed by atoms with Crippen molar-refractivity contribution in [3.8, 4) is 11.5 Å². The van der Waals surface area contributed by atoms with Gasteiger partial charge in [0, 0.05) is 0 Å². The number of nitrogens with two attached hydrogens (primary N) is 1. The number of carbonyl (C=O) groups is 1. The van der Waals surface area contributed by atoms with Crippen LogP contribution < -0.4 is 10.5 Å². The van der Waals surface area contributed by atoms with Crippen LogP contribution >= 0.6 is 11.6 Å². The lowest BCUT2D eigenvalue weighted by Gasteiger charge is -2.11. The molecule has 0 fully saturated rings. The molecule has 0 aliphatic carbocycles. The summed E-state index contributed by atoms with van der Waals surface area (Å²) in [6.45, 7) is 0. The maximum atomic E-state index is 12.6. The molecule has 0 bridgehead atoms. The predicted molar refractivity (Wildman–Crippen MR) is 86.8 cm³/mol. The van der Waals surface area contributed by atoms with Gasteiger partial charge in [0.1, 0.15) is 17.3 Å². The van der Waals surface area contributed by atoms with Crippen molar-refractivity contribution in [3.05, 3.63) is 64.9 Å². The highest BCUT2D eigenvalue weighted by molar-refractivity contribution is 6.34. The van der Waals surface area contributed by atoms with Crippen molar-refractivity contribution < 1.29 is 9.53 Å². The van der Waals surface area contributed by atoms with Crippen LogP contribution in [-0.2, 0) is 6.42 Å². The van der Waals surface area contributed by atoms with Gasteiger partial charge in [0.05, 0.1) is 17.0 Å². The summed E-state index contributed by atoms with van der Waals surface area (Å²) >= 11 is 6.19. The second-order valence-electron chi connectivity index (χ2n) is 4.77. The van der Waals surface area contributed by atoms with Gasteiger partial charge in [0.2, 0.25) is 5.95 Å². The minimum atomic E-state index is -0.238. The number of benzene rings is 2. The number of rotatable bonds is 5. The van der Waals surface area contributed by atoms with Crippen molar-refractivity contribution in [2.45, 2.75) is 6.42 Å². The molecule has 0 unspecified atom stereocenters. The number of aromatic amines is 1. The van der Waals surface area contributed by atoms with Gasteiger partial charge in [0.25, 0.3) is 0 Å². The second-order valence-corrected chi connectivity index (χ2v) is 5.18. The predicted octanol–water partition coefficient (Wildman–Crippen LogP) is 3.26. The first-order chi connectivity index (χ1) is 11.1. The third kappa shape index (κ3) is 3.49. The van der Waals surface area contributed by atoms with Gasteiger partial charge in [-0.2, -0.15) is 4.98 Å². The van der Waals surface area contributed by atoms with Crippen LogP contribution in [0.3, 0.4) is 0 Å². The van der Waals surface area contributed by atoms with Crippen molar-refractivity contribution in [1.82, 2.24) is 15.2 Å². The van der Waals surface area contributed by atoms with Gasteiger partial charge in [-0.1, -0.05) is 35.9 Å². The summed E-state index contributed by atoms with van der Waals surface area (Å²) in [6, 6.07) is 14.2. The summed E-state index contributed by atoms with van der Waals surface area (Å²) in [7, 11) is 0. The number of para-hydroxylation sites is 1. The zero-order valence-corrected chi connectivity index (χ0v) is 12.7. The van der Waals surface area contributed by atoms with E-state index >= 15 is 0 Å². The fraction of sp³-hybridized carbons (Fsp3) is 0.0625. The van der Waals surface area contributed by atoms with E-state index in [2.05, 4.69) is 15.2 Å². The van der Waals surface area contributed by atoms with E-state index in [1.165, 1.54) is 0 Å². The number of hydrogen-bond acceptors (Lipinski definition) is 5. The number of halogens is 1. The highest BCUT2D eigenvalue weighted by Gasteiger charge is 2.19. The standard InChI is InChI=1S/C16H13ClN4O2/c17-11-7-4-8-13(23-10-5-2-1-3-6-10)15(11)12(22)9-14-19-16(18)21-20-14/h1-8H,9H2,(H3,18,19,20,21). The van der Waals surface area contributed by atoms with E-state index in [9.17, 15) is 4.79 Å². The van der Waals surface area contributed by atoms with E-state index < -0.39 is 0 Å². The Bertz CT molecular complexity index is 833. The Labute approximate surface area is 137 Å². The molecular formula is C16H13ClN4O2. The summed E-state index contributed by atoms with van der Waals surface area (Å²) in [4.78, 5) is 16.5. The third-order valence-corrected chi connectivity index (χ3v) is 3.42.